The van der Waals surface area contributed by atoms with Gasteiger partial charge < -0.3 is 15.0 Å². The van der Waals surface area contributed by atoms with Crippen LogP contribution in [-0.4, -0.2) is 63.6 Å². The van der Waals surface area contributed by atoms with E-state index in [1.54, 1.807) is 20.5 Å². The van der Waals surface area contributed by atoms with Crippen molar-refractivity contribution in [3.8, 4) is 5.95 Å². The Kier molecular flexibility index (Phi) is 4.77. The average molecular weight is 278 g/mol. The van der Waals surface area contributed by atoms with Crippen LogP contribution in [0.2, 0.25) is 0 Å². The molecule has 0 radical (unpaired) electrons. The molecule has 2 aromatic rings. The number of hydrogen-bond donors (Lipinski definition) is 1. The van der Waals surface area contributed by atoms with E-state index in [1.165, 1.54) is 11.0 Å². The number of likely N-dealkylation sites (N-methyl/N-ethyl adjacent to an activating group) is 1. The third kappa shape index (κ3) is 3.18. The van der Waals surface area contributed by atoms with Crippen molar-refractivity contribution < 1.29 is 4.74 Å². The Hall–Kier alpha value is -2.29. The normalized spacial score (nSPS) is 10.6. The van der Waals surface area contributed by atoms with Gasteiger partial charge in [0.15, 0.2) is 0 Å². The van der Waals surface area contributed by atoms with Gasteiger partial charge in [-0.25, -0.2) is 4.98 Å². The first-order valence-electron chi connectivity index (χ1n) is 6.31. The number of anilines is 2. The van der Waals surface area contributed by atoms with Gasteiger partial charge >= 0.3 is 0 Å². The topological polar surface area (TPSA) is 93.9 Å². The Morgan fingerprint density at radius 3 is 2.80 bits per heavy atom. The van der Waals surface area contributed by atoms with Gasteiger partial charge in [0, 0.05) is 27.2 Å². The molecule has 0 amide bonds. The molecule has 0 unspecified atom stereocenters. The van der Waals surface area contributed by atoms with Gasteiger partial charge in [-0.05, 0) is 6.92 Å². The summed E-state index contributed by atoms with van der Waals surface area (Å²) in [6, 6.07) is 0. The highest BCUT2D eigenvalue weighted by molar-refractivity contribution is 5.39. The van der Waals surface area contributed by atoms with E-state index in [9.17, 15) is 0 Å². The average Bonchev–Trinajstić information content (AvgIpc) is 3.02. The Balaban J connectivity index is 2.34. The summed E-state index contributed by atoms with van der Waals surface area (Å²) in [4.78, 5) is 18.9. The smallest absolute Gasteiger partial charge is 0.258 e. The third-order valence-electron chi connectivity index (χ3n) is 2.69. The zero-order valence-electron chi connectivity index (χ0n) is 11.8. The number of nitrogens with zero attached hydrogens (tertiary/aromatic N) is 7. The molecule has 0 fully saturated rings. The zero-order valence-corrected chi connectivity index (χ0v) is 11.8. The van der Waals surface area contributed by atoms with E-state index in [-0.39, 0.29) is 0 Å². The summed E-state index contributed by atoms with van der Waals surface area (Å²) in [5.41, 5.74) is 0. The third-order valence-corrected chi connectivity index (χ3v) is 2.69. The van der Waals surface area contributed by atoms with Gasteiger partial charge in [-0.1, -0.05) is 0 Å². The number of rotatable bonds is 7. The summed E-state index contributed by atoms with van der Waals surface area (Å²) in [6.07, 6.45) is 2.98. The highest BCUT2D eigenvalue weighted by atomic mass is 16.5. The molecule has 9 nitrogen and oxygen atoms in total. The minimum Gasteiger partial charge on any atom is -0.383 e. The standard InChI is InChI=1S/C11H18N8O/c1-4-18(5-6-20-3)10-15-9(12-2)16-11(17-10)19-8-13-7-14-19/h7-8H,4-6H2,1-3H3,(H,12,15,16,17). The van der Waals surface area contributed by atoms with Gasteiger partial charge in [0.05, 0.1) is 6.61 Å². The summed E-state index contributed by atoms with van der Waals surface area (Å²) in [6.45, 7) is 4.12. The Morgan fingerprint density at radius 1 is 1.35 bits per heavy atom. The predicted molar refractivity (Wildman–Crippen MR) is 74.1 cm³/mol. The summed E-state index contributed by atoms with van der Waals surface area (Å²) in [7, 11) is 3.43. The fourth-order valence-electron chi connectivity index (χ4n) is 1.62. The van der Waals surface area contributed by atoms with E-state index in [0.717, 1.165) is 6.54 Å². The van der Waals surface area contributed by atoms with Gasteiger partial charge in [0.2, 0.25) is 11.9 Å². The summed E-state index contributed by atoms with van der Waals surface area (Å²) < 4.78 is 6.59. The molecule has 0 aliphatic rings. The van der Waals surface area contributed by atoms with E-state index in [2.05, 4.69) is 30.4 Å². The van der Waals surface area contributed by atoms with Crippen LogP contribution in [-0.2, 0) is 4.74 Å². The summed E-state index contributed by atoms with van der Waals surface area (Å²) in [5, 5.41) is 6.96. The van der Waals surface area contributed by atoms with Crippen LogP contribution < -0.4 is 10.2 Å². The second-order valence-electron chi connectivity index (χ2n) is 3.92. The number of methoxy groups -OCH3 is 1. The monoisotopic (exact) mass is 278 g/mol. The lowest BCUT2D eigenvalue weighted by molar-refractivity contribution is 0.205. The molecule has 108 valence electrons. The fraction of sp³-hybridized carbons (Fsp3) is 0.545. The summed E-state index contributed by atoms with van der Waals surface area (Å²) in [5.74, 6) is 1.48. The molecule has 1 N–H and O–H groups in total. The van der Waals surface area contributed by atoms with Crippen LogP contribution in [0.3, 0.4) is 0 Å². The molecule has 2 aromatic heterocycles. The molecule has 0 spiro atoms. The quantitative estimate of drug-likeness (QED) is 0.754. The highest BCUT2D eigenvalue weighted by Gasteiger charge is 2.13. The van der Waals surface area contributed by atoms with Gasteiger partial charge in [-0.2, -0.15) is 24.7 Å². The van der Waals surface area contributed by atoms with Crippen LogP contribution in [0.1, 0.15) is 6.92 Å². The largest absolute Gasteiger partial charge is 0.383 e. The second kappa shape index (κ2) is 6.75. The van der Waals surface area contributed by atoms with Crippen molar-refractivity contribution in [2.75, 3.05) is 44.1 Å². The van der Waals surface area contributed by atoms with Crippen LogP contribution in [0.4, 0.5) is 11.9 Å². The van der Waals surface area contributed by atoms with Crippen molar-refractivity contribution in [1.29, 1.82) is 0 Å². The van der Waals surface area contributed by atoms with Crippen LogP contribution in [0, 0.1) is 0 Å². The van der Waals surface area contributed by atoms with Gasteiger partial charge in [0.25, 0.3) is 5.95 Å². The van der Waals surface area contributed by atoms with Gasteiger partial charge in [-0.15, -0.1) is 0 Å². The van der Waals surface area contributed by atoms with E-state index in [4.69, 9.17) is 4.74 Å². The number of hydrogen-bond acceptors (Lipinski definition) is 8. The molecule has 0 aliphatic carbocycles. The molecule has 0 bridgehead atoms. The van der Waals surface area contributed by atoms with E-state index in [1.807, 2.05) is 11.8 Å². The molecule has 2 rings (SSSR count). The molecule has 0 aliphatic heterocycles. The number of nitrogens with one attached hydrogen (secondary N) is 1. The van der Waals surface area contributed by atoms with E-state index >= 15 is 0 Å². The molecule has 0 aromatic carbocycles. The lowest BCUT2D eigenvalue weighted by Gasteiger charge is -2.20. The molecule has 20 heavy (non-hydrogen) atoms. The molecule has 2 heterocycles. The zero-order chi connectivity index (χ0) is 14.4. The Bertz CT molecular complexity index is 529. The van der Waals surface area contributed by atoms with Crippen molar-refractivity contribution in [2.45, 2.75) is 6.92 Å². The van der Waals surface area contributed by atoms with Crippen molar-refractivity contribution in [2.24, 2.45) is 0 Å². The molecule has 0 atom stereocenters. The van der Waals surface area contributed by atoms with E-state index < -0.39 is 0 Å². The molecule has 0 saturated heterocycles. The van der Waals surface area contributed by atoms with Gasteiger partial charge in [0.1, 0.15) is 12.7 Å². The van der Waals surface area contributed by atoms with Crippen LogP contribution in [0.15, 0.2) is 12.7 Å². The maximum Gasteiger partial charge on any atom is 0.258 e. The maximum atomic E-state index is 5.10. The van der Waals surface area contributed by atoms with Crippen molar-refractivity contribution in [3.05, 3.63) is 12.7 Å². The van der Waals surface area contributed by atoms with Crippen molar-refractivity contribution in [1.82, 2.24) is 29.7 Å². The van der Waals surface area contributed by atoms with Crippen LogP contribution in [0.25, 0.3) is 5.95 Å². The lowest BCUT2D eigenvalue weighted by atomic mass is 10.5. The molecular weight excluding hydrogens is 260 g/mol. The maximum absolute atomic E-state index is 5.10. The minimum atomic E-state index is 0.424. The SMILES string of the molecule is CCN(CCOC)c1nc(NC)nc(-n2cncn2)n1. The predicted octanol–water partition coefficient (Wildman–Crippen LogP) is -0.0333. The van der Waals surface area contributed by atoms with E-state index in [0.29, 0.717) is 31.0 Å². The minimum absolute atomic E-state index is 0.424. The number of aromatic nitrogens is 6. The first-order chi connectivity index (χ1) is 9.78. The van der Waals surface area contributed by atoms with Crippen LogP contribution >= 0.6 is 0 Å². The fourth-order valence-corrected chi connectivity index (χ4v) is 1.62. The second-order valence-corrected chi connectivity index (χ2v) is 3.92. The van der Waals surface area contributed by atoms with Crippen molar-refractivity contribution in [3.63, 3.8) is 0 Å². The molecular formula is C11H18N8O. The van der Waals surface area contributed by atoms with Crippen molar-refractivity contribution >= 4 is 11.9 Å². The first-order valence-corrected chi connectivity index (χ1v) is 6.31. The Labute approximate surface area is 117 Å². The highest BCUT2D eigenvalue weighted by Crippen LogP contribution is 2.12. The first kappa shape index (κ1) is 14.1. The lowest BCUT2D eigenvalue weighted by Crippen LogP contribution is -2.29. The molecule has 0 saturated carbocycles. The molecule has 9 heteroatoms. The number of ether oxygens (including phenoxy) is 1. The van der Waals surface area contributed by atoms with Crippen LogP contribution in [0.5, 0.6) is 0 Å². The summed E-state index contributed by atoms with van der Waals surface area (Å²) >= 11 is 0. The van der Waals surface area contributed by atoms with Gasteiger partial charge in [-0.3, -0.25) is 0 Å². The Morgan fingerprint density at radius 2 is 2.20 bits per heavy atom.